The Kier molecular flexibility index (Phi) is 3.99. The van der Waals surface area contributed by atoms with Crippen LogP contribution in [0.2, 0.25) is 0 Å². The molecule has 3 N–H and O–H groups in total. The lowest BCUT2D eigenvalue weighted by molar-refractivity contribution is 0.0698. The lowest BCUT2D eigenvalue weighted by Crippen LogP contribution is -2.23. The lowest BCUT2D eigenvalue weighted by Gasteiger charge is -2.04. The van der Waals surface area contributed by atoms with Gasteiger partial charge in [-0.15, -0.1) is 0 Å². The summed E-state index contributed by atoms with van der Waals surface area (Å²) in [7, 11) is 0. The molecule has 3 rings (SSSR count). The summed E-state index contributed by atoms with van der Waals surface area (Å²) >= 11 is 0. The van der Waals surface area contributed by atoms with E-state index in [9.17, 15) is 18.4 Å². The Hall–Kier alpha value is -3.22. The fourth-order valence-electron chi connectivity index (χ4n) is 2.42. The number of nitrogens with one attached hydrogen (secondary N) is 2. The monoisotopic (exact) mass is 330 g/mol. The van der Waals surface area contributed by atoms with E-state index >= 15 is 0 Å². The molecule has 5 nitrogen and oxygen atoms in total. The number of aromatic carboxylic acids is 1. The summed E-state index contributed by atoms with van der Waals surface area (Å²) in [5.41, 5.74) is 0.584. The van der Waals surface area contributed by atoms with Crippen LogP contribution < -0.4 is 5.32 Å². The molecule has 24 heavy (non-hydrogen) atoms. The third-order valence-corrected chi connectivity index (χ3v) is 3.51. The first-order valence-electron chi connectivity index (χ1n) is 7.02. The number of hydrogen-bond acceptors (Lipinski definition) is 2. The van der Waals surface area contributed by atoms with Gasteiger partial charge in [-0.3, -0.25) is 4.79 Å². The van der Waals surface area contributed by atoms with Crippen LogP contribution in [0.5, 0.6) is 0 Å². The smallest absolute Gasteiger partial charge is 0.337 e. The van der Waals surface area contributed by atoms with Crippen LogP contribution >= 0.6 is 0 Å². The van der Waals surface area contributed by atoms with E-state index in [2.05, 4.69) is 10.3 Å². The fourth-order valence-corrected chi connectivity index (χ4v) is 2.42. The second kappa shape index (κ2) is 6.11. The minimum absolute atomic E-state index is 0.0921. The number of fused-ring (bicyclic) bond motifs is 1. The molecule has 2 aromatic carbocycles. The first-order valence-corrected chi connectivity index (χ1v) is 7.02. The third-order valence-electron chi connectivity index (χ3n) is 3.51. The zero-order valence-electron chi connectivity index (χ0n) is 12.3. The molecule has 3 aromatic rings. The number of rotatable bonds is 4. The Balaban J connectivity index is 1.85. The quantitative estimate of drug-likeness (QED) is 0.687. The van der Waals surface area contributed by atoms with Crippen molar-refractivity contribution in [1.29, 1.82) is 0 Å². The van der Waals surface area contributed by atoms with E-state index in [0.717, 1.165) is 12.1 Å². The summed E-state index contributed by atoms with van der Waals surface area (Å²) in [6.07, 6.45) is 0. The predicted octanol–water partition coefficient (Wildman–Crippen LogP) is 3.07. The number of carboxylic acids is 1. The Labute approximate surface area is 134 Å². The van der Waals surface area contributed by atoms with E-state index in [1.54, 1.807) is 6.07 Å². The summed E-state index contributed by atoms with van der Waals surface area (Å²) in [5, 5.41) is 12.0. The van der Waals surface area contributed by atoms with Gasteiger partial charge in [0.15, 0.2) is 0 Å². The largest absolute Gasteiger partial charge is 0.478 e. The standard InChI is InChI=1S/C17H12F2N2O3/c18-11-3-1-2-9(4-11)8-20-16(22)14-6-10-5-12(19)7-13(17(23)24)15(10)21-14/h1-7,21H,8H2,(H,20,22)(H,23,24). The highest BCUT2D eigenvalue weighted by Crippen LogP contribution is 2.21. The number of H-pyrrole nitrogens is 1. The molecule has 7 heteroatoms. The zero-order valence-corrected chi connectivity index (χ0v) is 12.3. The lowest BCUT2D eigenvalue weighted by atomic mass is 10.1. The maximum atomic E-state index is 13.5. The van der Waals surface area contributed by atoms with Gasteiger partial charge in [-0.25, -0.2) is 13.6 Å². The molecule has 0 atom stereocenters. The van der Waals surface area contributed by atoms with E-state index in [4.69, 9.17) is 5.11 Å². The van der Waals surface area contributed by atoms with Crippen molar-refractivity contribution in [1.82, 2.24) is 10.3 Å². The molecule has 0 fully saturated rings. The van der Waals surface area contributed by atoms with Gasteiger partial charge in [0.1, 0.15) is 17.3 Å². The molecule has 1 aromatic heterocycles. The van der Waals surface area contributed by atoms with Gasteiger partial charge in [-0.1, -0.05) is 12.1 Å². The van der Waals surface area contributed by atoms with E-state index in [0.29, 0.717) is 5.56 Å². The molecular formula is C17H12F2N2O3. The van der Waals surface area contributed by atoms with Gasteiger partial charge < -0.3 is 15.4 Å². The zero-order chi connectivity index (χ0) is 17.3. The van der Waals surface area contributed by atoms with Crippen LogP contribution in [-0.2, 0) is 6.54 Å². The van der Waals surface area contributed by atoms with E-state index < -0.39 is 23.5 Å². The molecule has 0 aliphatic rings. The molecule has 0 radical (unpaired) electrons. The summed E-state index contributed by atoms with van der Waals surface area (Å²) in [4.78, 5) is 26.0. The highest BCUT2D eigenvalue weighted by Gasteiger charge is 2.16. The summed E-state index contributed by atoms with van der Waals surface area (Å²) in [6.45, 7) is 0.103. The van der Waals surface area contributed by atoms with E-state index in [-0.39, 0.29) is 28.7 Å². The number of hydrogen-bond donors (Lipinski definition) is 3. The molecule has 0 bridgehead atoms. The van der Waals surface area contributed by atoms with Crippen molar-refractivity contribution in [2.45, 2.75) is 6.54 Å². The maximum Gasteiger partial charge on any atom is 0.337 e. The van der Waals surface area contributed by atoms with Gasteiger partial charge >= 0.3 is 5.97 Å². The Morgan fingerprint density at radius 1 is 1.08 bits per heavy atom. The van der Waals surface area contributed by atoms with Gasteiger partial charge in [0.2, 0.25) is 0 Å². The molecule has 0 aliphatic heterocycles. The number of benzene rings is 2. The second-order valence-electron chi connectivity index (χ2n) is 5.22. The summed E-state index contributed by atoms with van der Waals surface area (Å²) < 4.78 is 26.6. The Morgan fingerprint density at radius 2 is 1.88 bits per heavy atom. The van der Waals surface area contributed by atoms with Crippen molar-refractivity contribution >= 4 is 22.8 Å². The average Bonchev–Trinajstić information content (AvgIpc) is 2.95. The first kappa shape index (κ1) is 15.7. The van der Waals surface area contributed by atoms with Crippen molar-refractivity contribution in [3.8, 4) is 0 Å². The molecule has 0 saturated carbocycles. The third kappa shape index (κ3) is 3.10. The molecule has 0 unspecified atom stereocenters. The number of aromatic nitrogens is 1. The van der Waals surface area contributed by atoms with Crippen molar-refractivity contribution in [3.63, 3.8) is 0 Å². The molecular weight excluding hydrogens is 318 g/mol. The minimum atomic E-state index is -1.30. The number of amides is 1. The van der Waals surface area contributed by atoms with Crippen molar-refractivity contribution in [2.24, 2.45) is 0 Å². The topological polar surface area (TPSA) is 82.2 Å². The molecule has 0 saturated heterocycles. The van der Waals surface area contributed by atoms with E-state index in [1.165, 1.54) is 24.3 Å². The average molecular weight is 330 g/mol. The predicted molar refractivity (Wildman–Crippen MR) is 82.8 cm³/mol. The van der Waals surface area contributed by atoms with Crippen LogP contribution in [0.4, 0.5) is 8.78 Å². The highest BCUT2D eigenvalue weighted by atomic mass is 19.1. The summed E-state index contributed by atoms with van der Waals surface area (Å²) in [6, 6.07) is 9.17. The van der Waals surface area contributed by atoms with Crippen LogP contribution in [0, 0.1) is 11.6 Å². The molecule has 0 aliphatic carbocycles. The molecule has 1 heterocycles. The number of halogens is 2. The maximum absolute atomic E-state index is 13.5. The Bertz CT molecular complexity index is 950. The van der Waals surface area contributed by atoms with Gasteiger partial charge in [0.25, 0.3) is 5.91 Å². The van der Waals surface area contributed by atoms with Crippen molar-refractivity contribution in [2.75, 3.05) is 0 Å². The van der Waals surface area contributed by atoms with Crippen LogP contribution in [0.15, 0.2) is 42.5 Å². The number of aromatic amines is 1. The van der Waals surface area contributed by atoms with Gasteiger partial charge in [0, 0.05) is 11.9 Å². The van der Waals surface area contributed by atoms with Gasteiger partial charge in [0.05, 0.1) is 11.1 Å². The van der Waals surface area contributed by atoms with Crippen LogP contribution in [-0.4, -0.2) is 22.0 Å². The number of carboxylic acid groups (broad SMARTS) is 1. The summed E-state index contributed by atoms with van der Waals surface area (Å²) in [5.74, 6) is -2.92. The van der Waals surface area contributed by atoms with Crippen LogP contribution in [0.25, 0.3) is 10.9 Å². The van der Waals surface area contributed by atoms with E-state index in [1.807, 2.05) is 0 Å². The Morgan fingerprint density at radius 3 is 2.58 bits per heavy atom. The van der Waals surface area contributed by atoms with Gasteiger partial charge in [-0.05, 0) is 35.9 Å². The SMILES string of the molecule is O=C(NCc1cccc(F)c1)c1cc2cc(F)cc(C(=O)O)c2[nH]1. The fraction of sp³-hybridized carbons (Fsp3) is 0.0588. The van der Waals surface area contributed by atoms with Gasteiger partial charge in [-0.2, -0.15) is 0 Å². The minimum Gasteiger partial charge on any atom is -0.478 e. The van der Waals surface area contributed by atoms with Crippen LogP contribution in [0.1, 0.15) is 26.4 Å². The van der Waals surface area contributed by atoms with Crippen molar-refractivity contribution < 1.29 is 23.5 Å². The van der Waals surface area contributed by atoms with Crippen LogP contribution in [0.3, 0.4) is 0 Å². The second-order valence-corrected chi connectivity index (χ2v) is 5.22. The normalized spacial score (nSPS) is 10.8. The number of carbonyl (C=O) groups is 2. The number of carbonyl (C=O) groups excluding carboxylic acids is 1. The molecule has 122 valence electrons. The molecule has 1 amide bonds. The molecule has 0 spiro atoms. The first-order chi connectivity index (χ1) is 11.4. The van der Waals surface area contributed by atoms with Crippen molar-refractivity contribution in [3.05, 3.63) is 70.9 Å². The highest BCUT2D eigenvalue weighted by molar-refractivity contribution is 6.05.